The van der Waals surface area contributed by atoms with Crippen LogP contribution in [0.5, 0.6) is 5.75 Å². The molecule has 5 unspecified atom stereocenters. The molecule has 11 heteroatoms. The average Bonchev–Trinajstić information content (AvgIpc) is 4.08. The smallest absolute Gasteiger partial charge is 0.222 e. The number of carbonyl (C=O) groups excluding carboxylic acids is 1. The molecule has 2 aliphatic rings. The van der Waals surface area contributed by atoms with Gasteiger partial charge >= 0.3 is 0 Å². The lowest BCUT2D eigenvalue weighted by molar-refractivity contribution is -0.140. The molecule has 2 saturated carbocycles. The van der Waals surface area contributed by atoms with Gasteiger partial charge < -0.3 is 45.0 Å². The van der Waals surface area contributed by atoms with Gasteiger partial charge in [-0.1, -0.05) is 43.3 Å². The summed E-state index contributed by atoms with van der Waals surface area (Å²) in [5.74, 6) is 0.738. The fraction of sp³-hybridized carbons (Fsp3) is 0.538. The summed E-state index contributed by atoms with van der Waals surface area (Å²) in [5.41, 5.74) is 6.20. The second kappa shape index (κ2) is 17.2. The van der Waals surface area contributed by atoms with E-state index in [9.17, 15) is 30.3 Å². The summed E-state index contributed by atoms with van der Waals surface area (Å²) in [6.45, 7) is 3.12. The molecule has 5 rings (SSSR count). The van der Waals surface area contributed by atoms with Crippen molar-refractivity contribution in [3.63, 3.8) is 0 Å². The van der Waals surface area contributed by atoms with Gasteiger partial charge in [-0.05, 0) is 85.8 Å². The topological polar surface area (TPSA) is 173 Å². The van der Waals surface area contributed by atoms with E-state index in [1.54, 1.807) is 0 Å². The molecule has 3 aromatic rings. The molecule has 2 fully saturated rings. The van der Waals surface area contributed by atoms with E-state index in [0.717, 1.165) is 71.2 Å². The Morgan fingerprint density at radius 1 is 1.00 bits per heavy atom. The first-order valence-corrected chi connectivity index (χ1v) is 17.7. The zero-order chi connectivity index (χ0) is 35.8. The molecule has 2 aliphatic carbocycles. The number of aryl methyl sites for hydroxylation is 1. The minimum atomic E-state index is -1.79. The minimum Gasteiger partial charge on any atom is -0.490 e. The quantitative estimate of drug-likeness (QED) is 0.103. The van der Waals surface area contributed by atoms with Crippen LogP contribution < -0.4 is 4.74 Å². The molecule has 50 heavy (non-hydrogen) atoms. The van der Waals surface area contributed by atoms with Crippen LogP contribution in [0.2, 0.25) is 0 Å². The van der Waals surface area contributed by atoms with Gasteiger partial charge in [0, 0.05) is 43.0 Å². The second-order valence-electron chi connectivity index (χ2n) is 13.9. The Balaban J connectivity index is 1.18. The Bertz CT molecular complexity index is 1560. The van der Waals surface area contributed by atoms with Gasteiger partial charge in [-0.2, -0.15) is 0 Å². The third-order valence-corrected chi connectivity index (χ3v) is 9.94. The van der Waals surface area contributed by atoms with Gasteiger partial charge in [-0.3, -0.25) is 9.78 Å². The van der Waals surface area contributed by atoms with Gasteiger partial charge in [-0.25, -0.2) is 0 Å². The summed E-state index contributed by atoms with van der Waals surface area (Å²) in [6.07, 6.45) is 2.71. The van der Waals surface area contributed by atoms with Crippen LogP contribution in [0.4, 0.5) is 0 Å². The SMILES string of the molecule is Cc1ccc(C(C)CCCC(=O)N(CCO)CC(O)C(O)C(O)C(O)CO)cc1COC1(c2cnccc2-c2ccccc2OC2CC2)CC1. The Labute approximate surface area is 294 Å². The number of carbonyl (C=O) groups is 1. The highest BCUT2D eigenvalue weighted by Gasteiger charge is 2.48. The first-order chi connectivity index (χ1) is 24.1. The first-order valence-electron chi connectivity index (χ1n) is 17.7. The van der Waals surface area contributed by atoms with Crippen LogP contribution >= 0.6 is 0 Å². The summed E-state index contributed by atoms with van der Waals surface area (Å²) in [4.78, 5) is 18.7. The minimum absolute atomic E-state index is 0.0546. The number of para-hydroxylation sites is 1. The van der Waals surface area contributed by atoms with Crippen molar-refractivity contribution in [3.05, 3.63) is 83.2 Å². The largest absolute Gasteiger partial charge is 0.490 e. The van der Waals surface area contributed by atoms with Gasteiger partial charge in [0.25, 0.3) is 0 Å². The van der Waals surface area contributed by atoms with Crippen LogP contribution in [-0.4, -0.2) is 103 Å². The lowest BCUT2D eigenvalue weighted by Crippen LogP contribution is -2.51. The van der Waals surface area contributed by atoms with Gasteiger partial charge in [0.2, 0.25) is 5.91 Å². The van der Waals surface area contributed by atoms with E-state index in [2.05, 4.69) is 49.2 Å². The summed E-state index contributed by atoms with van der Waals surface area (Å²) in [6, 6.07) is 16.6. The van der Waals surface area contributed by atoms with Crippen molar-refractivity contribution < 1.29 is 44.9 Å². The number of benzene rings is 2. The molecule has 2 aromatic carbocycles. The molecule has 11 nitrogen and oxygen atoms in total. The Morgan fingerprint density at radius 3 is 2.44 bits per heavy atom. The number of aliphatic hydroxyl groups is 6. The van der Waals surface area contributed by atoms with Crippen molar-refractivity contribution in [1.29, 1.82) is 0 Å². The number of hydrogen-bond acceptors (Lipinski definition) is 10. The van der Waals surface area contributed by atoms with Crippen molar-refractivity contribution in [2.75, 3.05) is 26.3 Å². The van der Waals surface area contributed by atoms with E-state index in [1.165, 1.54) is 4.90 Å². The van der Waals surface area contributed by atoms with E-state index in [1.807, 2.05) is 30.6 Å². The maximum absolute atomic E-state index is 13.0. The summed E-state index contributed by atoms with van der Waals surface area (Å²) < 4.78 is 13.0. The van der Waals surface area contributed by atoms with Crippen molar-refractivity contribution >= 4 is 5.91 Å². The normalized spacial score (nSPS) is 18.2. The van der Waals surface area contributed by atoms with Gasteiger partial charge in [0.1, 0.15) is 30.2 Å². The number of pyridine rings is 1. The van der Waals surface area contributed by atoms with E-state index < -0.39 is 36.6 Å². The van der Waals surface area contributed by atoms with Crippen LogP contribution in [-0.2, 0) is 21.7 Å². The van der Waals surface area contributed by atoms with Crippen molar-refractivity contribution in [2.45, 2.75) is 107 Å². The Morgan fingerprint density at radius 2 is 1.74 bits per heavy atom. The molecule has 272 valence electrons. The van der Waals surface area contributed by atoms with Crippen molar-refractivity contribution in [2.24, 2.45) is 0 Å². The number of aromatic nitrogens is 1. The fourth-order valence-electron chi connectivity index (χ4n) is 6.34. The predicted molar refractivity (Wildman–Crippen MR) is 187 cm³/mol. The monoisotopic (exact) mass is 692 g/mol. The van der Waals surface area contributed by atoms with Crippen LogP contribution in [0.3, 0.4) is 0 Å². The molecule has 6 N–H and O–H groups in total. The van der Waals surface area contributed by atoms with Gasteiger partial charge in [0.05, 0.1) is 31.5 Å². The highest BCUT2D eigenvalue weighted by atomic mass is 16.5. The highest BCUT2D eigenvalue weighted by Crippen LogP contribution is 2.53. The number of aliphatic hydroxyl groups excluding tert-OH is 6. The lowest BCUT2D eigenvalue weighted by Gasteiger charge is -2.30. The molecule has 0 bridgehead atoms. The van der Waals surface area contributed by atoms with E-state index in [0.29, 0.717) is 19.1 Å². The van der Waals surface area contributed by atoms with Crippen LogP contribution in [0.25, 0.3) is 11.1 Å². The molecule has 5 atom stereocenters. The maximum Gasteiger partial charge on any atom is 0.222 e. The number of rotatable bonds is 20. The Hall–Kier alpha value is -3.42. The fourth-order valence-corrected chi connectivity index (χ4v) is 6.34. The molecule has 0 saturated heterocycles. The number of nitrogens with zero attached hydrogens (tertiary/aromatic N) is 2. The molecule has 0 aliphatic heterocycles. The summed E-state index contributed by atoms with van der Waals surface area (Å²) in [7, 11) is 0. The number of hydrogen-bond donors (Lipinski definition) is 6. The van der Waals surface area contributed by atoms with E-state index >= 15 is 0 Å². The maximum atomic E-state index is 13.0. The first kappa shape index (κ1) is 37.8. The van der Waals surface area contributed by atoms with Gasteiger partial charge in [0.15, 0.2) is 0 Å². The molecule has 1 aromatic heterocycles. The molecular formula is C39H52N2O9. The van der Waals surface area contributed by atoms with Crippen LogP contribution in [0.15, 0.2) is 60.9 Å². The zero-order valence-corrected chi connectivity index (χ0v) is 29.0. The molecular weight excluding hydrogens is 640 g/mol. The predicted octanol–water partition coefficient (Wildman–Crippen LogP) is 3.33. The highest BCUT2D eigenvalue weighted by molar-refractivity contribution is 5.76. The second-order valence-corrected chi connectivity index (χ2v) is 13.9. The Kier molecular flexibility index (Phi) is 13.0. The third kappa shape index (κ3) is 9.46. The molecule has 1 heterocycles. The van der Waals surface area contributed by atoms with Crippen LogP contribution in [0, 0.1) is 6.92 Å². The third-order valence-electron chi connectivity index (χ3n) is 9.94. The average molecular weight is 693 g/mol. The van der Waals surface area contributed by atoms with Crippen LogP contribution in [0.1, 0.15) is 80.0 Å². The zero-order valence-electron chi connectivity index (χ0n) is 29.0. The van der Waals surface area contributed by atoms with E-state index in [4.69, 9.17) is 14.6 Å². The number of amides is 1. The molecule has 1 amide bonds. The van der Waals surface area contributed by atoms with E-state index in [-0.39, 0.29) is 37.9 Å². The van der Waals surface area contributed by atoms with Crippen molar-refractivity contribution in [1.82, 2.24) is 9.88 Å². The molecule has 0 spiro atoms. The summed E-state index contributed by atoms with van der Waals surface area (Å²) >= 11 is 0. The van der Waals surface area contributed by atoms with Gasteiger partial charge in [-0.15, -0.1) is 0 Å². The van der Waals surface area contributed by atoms with Crippen molar-refractivity contribution in [3.8, 4) is 16.9 Å². The standard InChI is InChI=1S/C39H52N2O9/c1-25(6-5-9-36(46)41(18-19-42)22-33(44)37(47)38(48)34(45)23-43)27-11-10-26(2)28(20-27)24-49-39(15-16-39)32-21-40-17-14-30(32)31-7-3-4-8-35(31)50-29-12-13-29/h3-4,7-8,10-11,14,17,20-21,25,29,33-34,37-38,42-45,47-48H,5-6,9,12-13,15-16,18-19,22-24H2,1-2H3. The molecule has 0 radical (unpaired) electrons. The number of ether oxygens (including phenoxy) is 2. The summed E-state index contributed by atoms with van der Waals surface area (Å²) in [5, 5.41) is 58.5. The lowest BCUT2D eigenvalue weighted by atomic mass is 9.92.